The number of aliphatic hydroxyl groups excluding tert-OH is 3. The summed E-state index contributed by atoms with van der Waals surface area (Å²) in [5.41, 5.74) is 0. The zero-order valence-electron chi connectivity index (χ0n) is 11.1. The molecule has 4 radical (unpaired) electrons. The molecule has 0 aliphatic heterocycles. The minimum Gasteiger partial charge on any atom is -0.388 e. The molecule has 0 saturated carbocycles. The number of carbonyl (C=O) groups is 1. The molecule has 0 aromatic rings. The largest absolute Gasteiger partial charge is 0.470 e. The van der Waals surface area contributed by atoms with Crippen LogP contribution in [-0.4, -0.2) is 148 Å². The Morgan fingerprint density at radius 1 is 0.909 bits per heavy atom. The smallest absolute Gasteiger partial charge is 0.388 e. The van der Waals surface area contributed by atoms with Crippen molar-refractivity contribution in [1.29, 1.82) is 0 Å². The molecule has 0 bridgehead atoms. The Kier molecular flexibility index (Phi) is 16.7. The Morgan fingerprint density at radius 2 is 1.32 bits per heavy atom. The minimum absolute atomic E-state index is 0. The van der Waals surface area contributed by atoms with Gasteiger partial charge in [-0.05, 0) is 0 Å². The van der Waals surface area contributed by atoms with Crippen LogP contribution in [0.4, 0.5) is 0 Å². The first-order chi connectivity index (χ1) is 8.83. The van der Waals surface area contributed by atoms with Crippen LogP contribution in [0.1, 0.15) is 0 Å². The molecule has 3 atom stereocenters. The Hall–Kier alpha value is 2.29. The average Bonchev–Trinajstić information content (AvgIpc) is 2.29. The molecule has 0 amide bonds. The van der Waals surface area contributed by atoms with Gasteiger partial charge in [-0.1, -0.05) is 0 Å². The number of aliphatic hydroxyl groups is 3. The third-order valence-electron chi connectivity index (χ3n) is 1.84. The van der Waals surface area contributed by atoms with E-state index in [1.54, 1.807) is 0 Å². The molecule has 0 aliphatic carbocycles. The SMILES string of the molecule is O=C(COP(=O)(O)O)[C@@H](O)[C@H](O)[C@H](O)COP(=O)(O)O.[Ca].[Ca]. The maximum absolute atomic E-state index is 11.2. The number of carbonyl (C=O) groups excluding carboxylic acids is 1. The van der Waals surface area contributed by atoms with Gasteiger partial charge in [-0.25, -0.2) is 9.13 Å². The van der Waals surface area contributed by atoms with Crippen molar-refractivity contribution in [2.75, 3.05) is 13.2 Å². The first-order valence-corrected chi connectivity index (χ1v) is 7.86. The van der Waals surface area contributed by atoms with Crippen molar-refractivity contribution in [3.05, 3.63) is 0 Å². The summed E-state index contributed by atoms with van der Waals surface area (Å²) in [6.45, 7) is -2.33. The van der Waals surface area contributed by atoms with Gasteiger partial charge in [0.25, 0.3) is 0 Å². The van der Waals surface area contributed by atoms with Gasteiger partial charge in [0.1, 0.15) is 24.9 Å². The number of hydrogen-bond donors (Lipinski definition) is 7. The average molecular weight is 420 g/mol. The van der Waals surface area contributed by atoms with Gasteiger partial charge in [0.05, 0.1) is 6.61 Å². The molecule has 0 unspecified atom stereocenters. The number of rotatable bonds is 9. The summed E-state index contributed by atoms with van der Waals surface area (Å²) < 4.78 is 28.2. The summed E-state index contributed by atoms with van der Waals surface area (Å²) >= 11 is 0. The van der Waals surface area contributed by atoms with Crippen molar-refractivity contribution in [2.24, 2.45) is 0 Å². The molecule has 0 aliphatic rings. The zero-order valence-corrected chi connectivity index (χ0v) is 17.3. The van der Waals surface area contributed by atoms with E-state index in [0.717, 1.165) is 0 Å². The Labute approximate surface area is 184 Å². The molecule has 0 heterocycles. The van der Waals surface area contributed by atoms with Gasteiger partial charge in [0.15, 0.2) is 5.78 Å². The molecule has 7 N–H and O–H groups in total. The van der Waals surface area contributed by atoms with E-state index in [9.17, 15) is 29.2 Å². The van der Waals surface area contributed by atoms with Gasteiger partial charge in [0.2, 0.25) is 0 Å². The van der Waals surface area contributed by atoms with Crippen LogP contribution in [0, 0.1) is 0 Å². The molecule has 0 rings (SSSR count). The van der Waals surface area contributed by atoms with Gasteiger partial charge in [-0.2, -0.15) is 0 Å². The van der Waals surface area contributed by atoms with Crippen LogP contribution < -0.4 is 0 Å². The summed E-state index contributed by atoms with van der Waals surface area (Å²) in [5, 5.41) is 27.7. The maximum Gasteiger partial charge on any atom is 0.470 e. The van der Waals surface area contributed by atoms with Crippen LogP contribution in [-0.2, 0) is 23.0 Å². The first kappa shape index (κ1) is 29.1. The first-order valence-electron chi connectivity index (χ1n) is 4.80. The van der Waals surface area contributed by atoms with E-state index >= 15 is 0 Å². The predicted octanol–water partition coefficient (Wildman–Crippen LogP) is -3.90. The summed E-state index contributed by atoms with van der Waals surface area (Å²) in [5.74, 6) is -1.36. The fraction of sp³-hybridized carbons (Fsp3) is 0.833. The monoisotopic (exact) mass is 420 g/mol. The van der Waals surface area contributed by atoms with E-state index in [0.29, 0.717) is 0 Å². The molecule has 0 saturated heterocycles. The second-order valence-electron chi connectivity index (χ2n) is 3.52. The summed E-state index contributed by atoms with van der Waals surface area (Å²) in [6, 6.07) is 0. The second-order valence-corrected chi connectivity index (χ2v) is 6.00. The maximum atomic E-state index is 11.2. The molecule has 0 fully saturated rings. The van der Waals surface area contributed by atoms with Crippen molar-refractivity contribution in [1.82, 2.24) is 0 Å². The summed E-state index contributed by atoms with van der Waals surface area (Å²) in [6.07, 6.45) is -6.53. The van der Waals surface area contributed by atoms with E-state index in [4.69, 9.17) is 19.6 Å². The standard InChI is InChI=1S/C6H14O12P2.2Ca/c7-3(1-17-19(11,12)13)5(9)6(10)4(8)2-18-20(14,15)16;;/h3,5-7,9-10H,1-2H2,(H2,11,12,13)(H2,14,15,16);;/t3-,5-,6-;;/m1../s1. The van der Waals surface area contributed by atoms with Gasteiger partial charge >= 0.3 is 15.6 Å². The molecule has 124 valence electrons. The molecule has 16 heteroatoms. The molecule has 0 aromatic carbocycles. The van der Waals surface area contributed by atoms with Crippen LogP contribution >= 0.6 is 15.6 Å². The van der Waals surface area contributed by atoms with E-state index < -0.39 is 53.0 Å². The number of phosphoric acid groups is 2. The molecular formula is C6H14Ca2O12P2. The van der Waals surface area contributed by atoms with Gasteiger partial charge < -0.3 is 34.9 Å². The fourth-order valence-corrected chi connectivity index (χ4v) is 1.55. The van der Waals surface area contributed by atoms with Crippen molar-refractivity contribution in [3.63, 3.8) is 0 Å². The number of Topliss-reactive ketones (excluding diaryl/α,β-unsaturated/α-hetero) is 1. The quantitative estimate of drug-likeness (QED) is 0.141. The van der Waals surface area contributed by atoms with Gasteiger partial charge in [-0.3, -0.25) is 13.8 Å². The van der Waals surface area contributed by atoms with Crippen LogP contribution in [0.25, 0.3) is 0 Å². The third kappa shape index (κ3) is 14.6. The fourth-order valence-electron chi connectivity index (χ4n) is 0.906. The van der Waals surface area contributed by atoms with Crippen LogP contribution in [0.3, 0.4) is 0 Å². The number of phosphoric ester groups is 2. The van der Waals surface area contributed by atoms with Crippen molar-refractivity contribution in [3.8, 4) is 0 Å². The van der Waals surface area contributed by atoms with Crippen LogP contribution in [0.5, 0.6) is 0 Å². The van der Waals surface area contributed by atoms with E-state index in [1.165, 1.54) is 0 Å². The van der Waals surface area contributed by atoms with Crippen molar-refractivity contribution >= 4 is 96.9 Å². The molecule has 12 nitrogen and oxygen atoms in total. The topological polar surface area (TPSA) is 211 Å². The van der Waals surface area contributed by atoms with Crippen LogP contribution in [0.15, 0.2) is 0 Å². The molecule has 0 spiro atoms. The summed E-state index contributed by atoms with van der Waals surface area (Å²) in [7, 11) is -9.87. The Bertz CT molecular complexity index is 420. The zero-order chi connectivity index (χ0) is 16.1. The normalized spacial score (nSPS) is 16.0. The number of ketones is 1. The second kappa shape index (κ2) is 12.6. The van der Waals surface area contributed by atoms with Gasteiger partial charge in [0, 0.05) is 75.5 Å². The van der Waals surface area contributed by atoms with E-state index in [2.05, 4.69) is 9.05 Å². The predicted molar refractivity (Wildman–Crippen MR) is 70.5 cm³/mol. The Morgan fingerprint density at radius 3 is 1.68 bits per heavy atom. The molecule has 22 heavy (non-hydrogen) atoms. The van der Waals surface area contributed by atoms with Gasteiger partial charge in [-0.15, -0.1) is 0 Å². The molecule has 0 aromatic heterocycles. The minimum atomic E-state index is -4.95. The van der Waals surface area contributed by atoms with Crippen molar-refractivity contribution in [2.45, 2.75) is 18.3 Å². The summed E-state index contributed by atoms with van der Waals surface area (Å²) in [4.78, 5) is 44.4. The van der Waals surface area contributed by atoms with E-state index in [-0.39, 0.29) is 75.5 Å². The number of hydrogen-bond acceptors (Lipinski definition) is 8. The molecular weight excluding hydrogens is 406 g/mol. The van der Waals surface area contributed by atoms with E-state index in [1.807, 2.05) is 0 Å². The third-order valence-corrected chi connectivity index (χ3v) is 2.79. The Balaban J connectivity index is -0.00000180. The van der Waals surface area contributed by atoms with Crippen LogP contribution in [0.2, 0.25) is 0 Å². The van der Waals surface area contributed by atoms with Crippen molar-refractivity contribution < 1.29 is 57.9 Å².